The van der Waals surface area contributed by atoms with E-state index < -0.39 is 10.2 Å². The highest BCUT2D eigenvalue weighted by molar-refractivity contribution is 7.87. The standard InChI is InChI=1S/C18H23N5O3S/c1-13(2)21-27(24,25)23-8-6-22(7-9-23)18-15(12-19)10-14-11-16(26-3)4-5-17(14)20-18/h4-5,10-11,13,21H,6-9H2,1-3H3. The third-order valence-corrected chi connectivity index (χ3v) is 6.20. The average Bonchev–Trinajstić information content (AvgIpc) is 2.65. The van der Waals surface area contributed by atoms with E-state index in [1.54, 1.807) is 27.0 Å². The van der Waals surface area contributed by atoms with Gasteiger partial charge in [0.15, 0.2) is 0 Å². The summed E-state index contributed by atoms with van der Waals surface area (Å²) in [7, 11) is -1.90. The fraction of sp³-hybridized carbons (Fsp3) is 0.444. The first kappa shape index (κ1) is 19.4. The van der Waals surface area contributed by atoms with Crippen LogP contribution in [0.4, 0.5) is 5.82 Å². The van der Waals surface area contributed by atoms with Gasteiger partial charge in [-0.2, -0.15) is 22.7 Å². The molecule has 144 valence electrons. The highest BCUT2D eigenvalue weighted by atomic mass is 32.2. The maximum Gasteiger partial charge on any atom is 0.279 e. The predicted molar refractivity (Wildman–Crippen MR) is 104 cm³/mol. The van der Waals surface area contributed by atoms with E-state index in [4.69, 9.17) is 4.74 Å². The van der Waals surface area contributed by atoms with Crippen LogP contribution in [0.3, 0.4) is 0 Å². The van der Waals surface area contributed by atoms with Crippen molar-refractivity contribution in [1.82, 2.24) is 14.0 Å². The summed E-state index contributed by atoms with van der Waals surface area (Å²) in [5, 5.41) is 10.4. The second-order valence-corrected chi connectivity index (χ2v) is 8.40. The van der Waals surface area contributed by atoms with Gasteiger partial charge in [-0.15, -0.1) is 0 Å². The highest BCUT2D eigenvalue weighted by Crippen LogP contribution is 2.27. The van der Waals surface area contributed by atoms with Gasteiger partial charge in [0.25, 0.3) is 10.2 Å². The third-order valence-electron chi connectivity index (χ3n) is 4.38. The quantitative estimate of drug-likeness (QED) is 0.832. The minimum atomic E-state index is -3.49. The summed E-state index contributed by atoms with van der Waals surface area (Å²) in [4.78, 5) is 6.61. The van der Waals surface area contributed by atoms with Crippen LogP contribution in [0.15, 0.2) is 24.3 Å². The van der Waals surface area contributed by atoms with E-state index in [0.717, 1.165) is 10.9 Å². The van der Waals surface area contributed by atoms with Crippen LogP contribution in [0.25, 0.3) is 10.9 Å². The number of anilines is 1. The molecule has 8 nitrogen and oxygen atoms in total. The summed E-state index contributed by atoms with van der Waals surface area (Å²) in [5.74, 6) is 1.29. The number of aromatic nitrogens is 1. The van der Waals surface area contributed by atoms with Crippen LogP contribution in [0, 0.1) is 11.3 Å². The third kappa shape index (κ3) is 4.13. The van der Waals surface area contributed by atoms with Crippen LogP contribution in [0.5, 0.6) is 5.75 Å². The lowest BCUT2D eigenvalue weighted by molar-refractivity contribution is 0.375. The van der Waals surface area contributed by atoms with E-state index in [9.17, 15) is 13.7 Å². The van der Waals surface area contributed by atoms with Gasteiger partial charge in [0.1, 0.15) is 17.6 Å². The number of fused-ring (bicyclic) bond motifs is 1. The number of piperazine rings is 1. The molecule has 1 aliphatic rings. The molecule has 1 aromatic heterocycles. The van der Waals surface area contributed by atoms with E-state index in [1.165, 1.54) is 4.31 Å². The topological polar surface area (TPSA) is 98.6 Å². The Kier molecular flexibility index (Phi) is 5.51. The molecular formula is C18H23N5O3S. The SMILES string of the molecule is COc1ccc2nc(N3CCN(S(=O)(=O)NC(C)C)CC3)c(C#N)cc2c1. The molecule has 0 atom stereocenters. The van der Waals surface area contributed by atoms with E-state index in [-0.39, 0.29) is 6.04 Å². The molecule has 2 aromatic rings. The van der Waals surface area contributed by atoms with Crippen LogP contribution < -0.4 is 14.4 Å². The Hall–Kier alpha value is -2.41. The van der Waals surface area contributed by atoms with Gasteiger partial charge in [0.05, 0.1) is 18.2 Å². The molecule has 0 aliphatic carbocycles. The molecule has 1 aromatic carbocycles. The zero-order valence-electron chi connectivity index (χ0n) is 15.6. The summed E-state index contributed by atoms with van der Waals surface area (Å²) in [6.45, 7) is 5.22. The van der Waals surface area contributed by atoms with Crippen molar-refractivity contribution in [2.45, 2.75) is 19.9 Å². The van der Waals surface area contributed by atoms with E-state index in [2.05, 4.69) is 15.8 Å². The lowest BCUT2D eigenvalue weighted by Crippen LogP contribution is -2.53. The maximum atomic E-state index is 12.3. The number of methoxy groups -OCH3 is 1. The van der Waals surface area contributed by atoms with Gasteiger partial charge in [-0.3, -0.25) is 0 Å². The summed E-state index contributed by atoms with van der Waals surface area (Å²) in [5.41, 5.74) is 1.23. The average molecular weight is 389 g/mol. The zero-order chi connectivity index (χ0) is 19.6. The molecular weight excluding hydrogens is 366 g/mol. The number of hydrogen-bond donors (Lipinski definition) is 1. The molecule has 2 heterocycles. The van der Waals surface area contributed by atoms with Gasteiger partial charge in [-0.05, 0) is 38.1 Å². The Labute approximate surface area is 159 Å². The largest absolute Gasteiger partial charge is 0.497 e. The number of nitrogens with one attached hydrogen (secondary N) is 1. The van der Waals surface area contributed by atoms with Crippen LogP contribution in [-0.2, 0) is 10.2 Å². The van der Waals surface area contributed by atoms with Gasteiger partial charge in [-0.1, -0.05) is 0 Å². The lowest BCUT2D eigenvalue weighted by Gasteiger charge is -2.35. The molecule has 0 radical (unpaired) electrons. The van der Waals surface area contributed by atoms with Gasteiger partial charge in [0, 0.05) is 37.6 Å². The van der Waals surface area contributed by atoms with Crippen molar-refractivity contribution in [1.29, 1.82) is 5.26 Å². The maximum absolute atomic E-state index is 12.3. The molecule has 1 fully saturated rings. The highest BCUT2D eigenvalue weighted by Gasteiger charge is 2.28. The molecule has 3 rings (SSSR count). The van der Waals surface area contributed by atoms with Gasteiger partial charge < -0.3 is 9.64 Å². The van der Waals surface area contributed by atoms with Crippen molar-refractivity contribution < 1.29 is 13.2 Å². The molecule has 27 heavy (non-hydrogen) atoms. The summed E-state index contributed by atoms with van der Waals surface area (Å²) >= 11 is 0. The second-order valence-electron chi connectivity index (χ2n) is 6.69. The van der Waals surface area contributed by atoms with Crippen molar-refractivity contribution in [2.24, 2.45) is 0 Å². The van der Waals surface area contributed by atoms with Crippen molar-refractivity contribution in [3.63, 3.8) is 0 Å². The summed E-state index contributed by atoms with van der Waals surface area (Å²) in [6, 6.07) is 9.36. The van der Waals surface area contributed by atoms with Crippen LogP contribution >= 0.6 is 0 Å². The number of benzene rings is 1. The molecule has 0 saturated carbocycles. The smallest absolute Gasteiger partial charge is 0.279 e. The molecule has 1 saturated heterocycles. The molecule has 1 aliphatic heterocycles. The Morgan fingerprint density at radius 1 is 1.22 bits per heavy atom. The summed E-state index contributed by atoms with van der Waals surface area (Å²) in [6.07, 6.45) is 0. The Morgan fingerprint density at radius 2 is 1.93 bits per heavy atom. The number of nitrogens with zero attached hydrogens (tertiary/aromatic N) is 4. The number of pyridine rings is 1. The monoisotopic (exact) mass is 389 g/mol. The van der Waals surface area contributed by atoms with E-state index >= 15 is 0 Å². The molecule has 0 spiro atoms. The van der Waals surface area contributed by atoms with Crippen molar-refractivity contribution >= 4 is 26.9 Å². The van der Waals surface area contributed by atoms with Crippen molar-refractivity contribution in [2.75, 3.05) is 38.2 Å². The van der Waals surface area contributed by atoms with Gasteiger partial charge in [0.2, 0.25) is 0 Å². The minimum Gasteiger partial charge on any atom is -0.497 e. The molecule has 9 heteroatoms. The second kappa shape index (κ2) is 7.68. The van der Waals surface area contributed by atoms with Crippen LogP contribution in [0.2, 0.25) is 0 Å². The van der Waals surface area contributed by atoms with Gasteiger partial charge in [-0.25, -0.2) is 4.98 Å². The Bertz CT molecular complexity index is 976. The Balaban J connectivity index is 1.83. The van der Waals surface area contributed by atoms with E-state index in [0.29, 0.717) is 43.3 Å². The predicted octanol–water partition coefficient (Wildman–Crippen LogP) is 1.48. The number of rotatable bonds is 5. The fourth-order valence-corrected chi connectivity index (χ4v) is 4.50. The van der Waals surface area contributed by atoms with Crippen LogP contribution in [0.1, 0.15) is 19.4 Å². The van der Waals surface area contributed by atoms with E-state index in [1.807, 2.05) is 23.1 Å². The van der Waals surface area contributed by atoms with Crippen molar-refractivity contribution in [3.05, 3.63) is 29.8 Å². The Morgan fingerprint density at radius 3 is 2.52 bits per heavy atom. The molecule has 0 unspecified atom stereocenters. The normalized spacial score (nSPS) is 15.9. The summed E-state index contributed by atoms with van der Waals surface area (Å²) < 4.78 is 33.9. The van der Waals surface area contributed by atoms with Gasteiger partial charge >= 0.3 is 0 Å². The minimum absolute atomic E-state index is 0.155. The molecule has 0 amide bonds. The molecule has 1 N–H and O–H groups in total. The van der Waals surface area contributed by atoms with Crippen LogP contribution in [-0.4, -0.2) is 57.0 Å². The number of nitriles is 1. The first-order chi connectivity index (χ1) is 12.8. The fourth-order valence-electron chi connectivity index (χ4n) is 3.11. The molecule has 0 bridgehead atoms. The van der Waals surface area contributed by atoms with Crippen molar-refractivity contribution in [3.8, 4) is 11.8 Å². The lowest BCUT2D eigenvalue weighted by atomic mass is 10.1. The number of ether oxygens (including phenoxy) is 1. The zero-order valence-corrected chi connectivity index (χ0v) is 16.5. The number of hydrogen-bond acceptors (Lipinski definition) is 6. The first-order valence-electron chi connectivity index (χ1n) is 8.75. The first-order valence-corrected chi connectivity index (χ1v) is 10.2.